The molecule has 0 atom stereocenters. The first kappa shape index (κ1) is 32.7. The van der Waals surface area contributed by atoms with Gasteiger partial charge in [-0.15, -0.1) is 0 Å². The van der Waals surface area contributed by atoms with Crippen LogP contribution >= 0.6 is 10.3 Å². The molecule has 0 radical (unpaired) electrons. The summed E-state index contributed by atoms with van der Waals surface area (Å²) in [7, 11) is -18.0. The smallest absolute Gasteiger partial charge is 0.257 e. The predicted octanol–water partition coefficient (Wildman–Crippen LogP) is 6.96. The zero-order chi connectivity index (χ0) is 31.0. The lowest BCUT2D eigenvalue weighted by Crippen LogP contribution is -2.60. The van der Waals surface area contributed by atoms with Crippen molar-refractivity contribution in [2.75, 3.05) is 6.61 Å². The summed E-state index contributed by atoms with van der Waals surface area (Å²) in [6, 6.07) is 19.6. The molecule has 6 nitrogen and oxygen atoms in total. The molecule has 0 aliphatic carbocycles. The molecule has 0 aliphatic heterocycles. The molecular weight excluding hydrogens is 639 g/mol. The van der Waals surface area contributed by atoms with Crippen molar-refractivity contribution >= 4 is 30.5 Å². The Morgan fingerprint density at radius 2 is 0.878 bits per heavy atom. The summed E-state index contributed by atoms with van der Waals surface area (Å²) in [4.78, 5) is -0.440. The fraction of sp³-hybridized carbons (Fsp3) is 0.217. The van der Waals surface area contributed by atoms with Gasteiger partial charge in [0.1, 0.15) is 6.61 Å². The van der Waals surface area contributed by atoms with Crippen LogP contribution in [0.4, 0.5) is 39.5 Å². The lowest BCUT2D eigenvalue weighted by atomic mass is 10.2. The average molecular weight is 657 g/mol. The molecule has 0 aromatic heterocycles. The molecule has 3 aromatic carbocycles. The van der Waals surface area contributed by atoms with Gasteiger partial charge < -0.3 is 0 Å². The van der Waals surface area contributed by atoms with E-state index in [1.54, 1.807) is 0 Å². The van der Waals surface area contributed by atoms with Crippen molar-refractivity contribution in [2.24, 2.45) is 0 Å². The van der Waals surface area contributed by atoms with Crippen molar-refractivity contribution in [1.82, 2.24) is 0 Å². The summed E-state index contributed by atoms with van der Waals surface area (Å²) in [5, 5.41) is -6.84. The molecule has 0 heterocycles. The Hall–Kier alpha value is -2.80. The van der Waals surface area contributed by atoms with E-state index in [-0.39, 0.29) is 14.7 Å². The molecule has 41 heavy (non-hydrogen) atoms. The Labute approximate surface area is 229 Å². The maximum atomic E-state index is 15.0. The first-order chi connectivity index (χ1) is 18.7. The molecule has 0 N–H and O–H groups in total. The summed E-state index contributed by atoms with van der Waals surface area (Å²) in [6.07, 6.45) is 0. The van der Waals surface area contributed by atoms with E-state index < -0.39 is 59.8 Å². The van der Waals surface area contributed by atoms with Gasteiger partial charge in [0.2, 0.25) is 0 Å². The Morgan fingerprint density at radius 3 is 1.20 bits per heavy atom. The number of alkyl halides is 9. The summed E-state index contributed by atoms with van der Waals surface area (Å²) < 4.78 is 180. The van der Waals surface area contributed by atoms with Crippen LogP contribution < -0.4 is 0 Å². The molecule has 3 rings (SSSR count). The van der Waals surface area contributed by atoms with Crippen LogP contribution in [0, 0.1) is 0 Å². The second-order valence-electron chi connectivity index (χ2n) is 7.98. The van der Waals surface area contributed by atoms with E-state index in [1.807, 2.05) is 0 Å². The van der Waals surface area contributed by atoms with Crippen LogP contribution in [-0.4, -0.2) is 46.1 Å². The van der Waals surface area contributed by atoms with Crippen molar-refractivity contribution < 1.29 is 64.2 Å². The van der Waals surface area contributed by atoms with Crippen LogP contribution in [0.2, 0.25) is 0 Å². The molecule has 0 fully saturated rings. The van der Waals surface area contributed by atoms with Crippen LogP contribution in [0.5, 0.6) is 0 Å². The Morgan fingerprint density at radius 1 is 0.537 bits per heavy atom. The van der Waals surface area contributed by atoms with Gasteiger partial charge in [-0.3, -0.25) is 4.18 Å². The first-order valence-corrected chi connectivity index (χ1v) is 15.1. The second kappa shape index (κ2) is 11.1. The third kappa shape index (κ3) is 5.93. The minimum Gasteiger partial charge on any atom is -0.257 e. The summed E-state index contributed by atoms with van der Waals surface area (Å²) in [6.45, 7) is -3.47. The molecule has 0 bridgehead atoms. The van der Waals surface area contributed by atoms with Crippen LogP contribution in [0.3, 0.4) is 0 Å². The molecule has 0 saturated carbocycles. The third-order valence-corrected chi connectivity index (χ3v) is 11.5. The van der Waals surface area contributed by atoms with Crippen molar-refractivity contribution in [2.45, 2.75) is 37.3 Å². The molecule has 0 aliphatic rings. The summed E-state index contributed by atoms with van der Waals surface area (Å²) in [5.41, 5.74) is -6.37. The van der Waals surface area contributed by atoms with Gasteiger partial charge in [-0.2, -0.15) is 56.3 Å². The normalized spacial score (nSPS) is 14.6. The van der Waals surface area contributed by atoms with Crippen molar-refractivity contribution in [3.63, 3.8) is 0 Å². The van der Waals surface area contributed by atoms with E-state index in [0.717, 1.165) is 0 Å². The number of hydrogen-bond acceptors (Lipinski definition) is 6. The van der Waals surface area contributed by atoms with Crippen molar-refractivity contribution in [1.29, 1.82) is 0 Å². The zero-order valence-electron chi connectivity index (χ0n) is 19.9. The van der Waals surface area contributed by atoms with E-state index in [2.05, 4.69) is 4.18 Å². The quantitative estimate of drug-likeness (QED) is 0.126. The predicted molar refractivity (Wildman–Crippen MR) is 127 cm³/mol. The topological polar surface area (TPSA) is 86.7 Å². The molecule has 0 saturated heterocycles. The number of hydrogen-bond donors (Lipinski definition) is 0. The van der Waals surface area contributed by atoms with Gasteiger partial charge >= 0.3 is 42.8 Å². The van der Waals surface area contributed by atoms with Gasteiger partial charge in [-0.1, -0.05) is 54.6 Å². The Balaban J connectivity index is 2.18. The lowest BCUT2D eigenvalue weighted by Gasteiger charge is -2.41. The first-order valence-electron chi connectivity index (χ1n) is 10.8. The highest BCUT2D eigenvalue weighted by molar-refractivity contribution is 8.33. The molecule has 18 heteroatoms. The van der Waals surface area contributed by atoms with Gasteiger partial charge in [0.05, 0.1) is 0 Å². The van der Waals surface area contributed by atoms with E-state index in [4.69, 9.17) is 3.63 Å². The molecule has 0 spiro atoms. The monoisotopic (exact) mass is 656 g/mol. The van der Waals surface area contributed by atoms with E-state index >= 15 is 8.78 Å². The van der Waals surface area contributed by atoms with Gasteiger partial charge in [-0.25, -0.2) is 3.63 Å². The highest BCUT2D eigenvalue weighted by atomic mass is 32.3. The second-order valence-corrected chi connectivity index (χ2v) is 14.1. The lowest BCUT2D eigenvalue weighted by molar-refractivity contribution is -0.287. The molecule has 0 amide bonds. The number of halogens is 9. The van der Waals surface area contributed by atoms with Gasteiger partial charge in [0.15, 0.2) is 0 Å². The van der Waals surface area contributed by atoms with E-state index in [0.29, 0.717) is 0 Å². The number of rotatable bonds is 11. The van der Waals surface area contributed by atoms with E-state index in [1.165, 1.54) is 91.0 Å². The minimum atomic E-state index is -7.14. The molecule has 3 aromatic rings. The standard InChI is InChI=1S/C23H17F9O6S3/c24-20(25,16-37-41(35,36)23(30,31)32)21(26,27)22(28,29)40(33,34)38-39(17-10-4-1-5-11-17,18-12-6-2-7-13-18)19-14-8-3-9-15-19/h1-15H,16H2. The van der Waals surface area contributed by atoms with Crippen molar-refractivity contribution in [3.05, 3.63) is 91.0 Å². The summed E-state index contributed by atoms with van der Waals surface area (Å²) in [5.74, 6) is -13.5. The highest BCUT2D eigenvalue weighted by Crippen LogP contribution is 2.71. The minimum absolute atomic E-state index is 0.147. The van der Waals surface area contributed by atoms with Gasteiger partial charge in [-0.05, 0) is 46.7 Å². The Kier molecular flexibility index (Phi) is 8.87. The third-order valence-electron chi connectivity index (χ3n) is 5.23. The average Bonchev–Trinajstić information content (AvgIpc) is 2.91. The zero-order valence-corrected chi connectivity index (χ0v) is 22.4. The molecular formula is C23H17F9O6S3. The Bertz CT molecular complexity index is 1450. The largest absolute Gasteiger partial charge is 0.523 e. The van der Waals surface area contributed by atoms with Crippen molar-refractivity contribution in [3.8, 4) is 0 Å². The van der Waals surface area contributed by atoms with Crippen LogP contribution in [0.1, 0.15) is 0 Å². The van der Waals surface area contributed by atoms with Gasteiger partial charge in [0, 0.05) is 14.7 Å². The van der Waals surface area contributed by atoms with Crippen LogP contribution in [0.15, 0.2) is 106 Å². The van der Waals surface area contributed by atoms with E-state index in [9.17, 15) is 47.6 Å². The molecule has 226 valence electrons. The number of benzene rings is 3. The SMILES string of the molecule is O=S(=O)(OCC(F)(F)C(F)(F)C(F)(F)S(=O)(=O)OS(c1ccccc1)(c1ccccc1)c1ccccc1)C(F)(F)F. The van der Waals surface area contributed by atoms with Gasteiger partial charge in [0.25, 0.3) is 0 Å². The van der Waals surface area contributed by atoms with Crippen LogP contribution in [-0.2, 0) is 28.0 Å². The maximum absolute atomic E-state index is 15.0. The molecule has 0 unspecified atom stereocenters. The van der Waals surface area contributed by atoms with Crippen LogP contribution in [0.25, 0.3) is 0 Å². The highest BCUT2D eigenvalue weighted by Gasteiger charge is 2.79. The fourth-order valence-corrected chi connectivity index (χ4v) is 8.92. The fourth-order valence-electron chi connectivity index (χ4n) is 3.22. The maximum Gasteiger partial charge on any atom is 0.523 e. The summed E-state index contributed by atoms with van der Waals surface area (Å²) >= 11 is 0.